The third-order valence-electron chi connectivity index (χ3n) is 9.11. The topological polar surface area (TPSA) is 0 Å². The fourth-order valence-corrected chi connectivity index (χ4v) is 7.07. The molecule has 0 bridgehead atoms. The monoisotopic (exact) mass is 587 g/mol. The Kier molecular flexibility index (Phi) is 5.12. The summed E-state index contributed by atoms with van der Waals surface area (Å²) >= 11 is 0. The van der Waals surface area contributed by atoms with Crippen LogP contribution in [0, 0.1) is 0 Å². The fraction of sp³-hybridized carbons (Fsp3) is 0. The number of rotatable bonds is 4. The predicted molar refractivity (Wildman–Crippen MR) is 198 cm³/mol. The van der Waals surface area contributed by atoms with Gasteiger partial charge in [0.2, 0.25) is 0 Å². The molecule has 0 fully saturated rings. The van der Waals surface area contributed by atoms with E-state index in [-0.39, 0.29) is 29.7 Å². The molecular formula is C46H30. The molecule has 0 aliphatic heterocycles. The largest absolute Gasteiger partial charge is 0.0629 e. The standard InChI is InChI=1S/C46H30/c1-3-14-31(15-4-1)33-18-13-19-34(28-33)35-26-27-37-36(29-35)30-44(39-21-8-7-20-38(37)39)46-42-24-11-9-22-40(42)45(32-16-5-2-6-17-32)41-23-10-12-25-43(41)46/h1-30H/i2D,5D,6D,16D,17D. The molecule has 0 nitrogen and oxygen atoms in total. The van der Waals surface area contributed by atoms with Crippen molar-refractivity contribution < 1.29 is 6.85 Å². The number of hydrogen-bond acceptors (Lipinski definition) is 0. The van der Waals surface area contributed by atoms with Crippen LogP contribution < -0.4 is 0 Å². The summed E-state index contributed by atoms with van der Waals surface area (Å²) < 4.78 is 43.0. The van der Waals surface area contributed by atoms with Gasteiger partial charge in [0.05, 0.1) is 6.85 Å². The van der Waals surface area contributed by atoms with E-state index in [1.165, 1.54) is 16.5 Å². The highest BCUT2D eigenvalue weighted by Gasteiger charge is 2.19. The Balaban J connectivity index is 1.35. The first-order chi connectivity index (χ1) is 24.9. The van der Waals surface area contributed by atoms with Gasteiger partial charge < -0.3 is 0 Å². The summed E-state index contributed by atoms with van der Waals surface area (Å²) in [5, 5.41) is 8.13. The van der Waals surface area contributed by atoms with Crippen molar-refractivity contribution in [3.8, 4) is 44.5 Å². The van der Waals surface area contributed by atoms with Crippen LogP contribution in [0.15, 0.2) is 182 Å². The van der Waals surface area contributed by atoms with Crippen LogP contribution in [0.4, 0.5) is 0 Å². The van der Waals surface area contributed by atoms with Gasteiger partial charge in [-0.1, -0.05) is 164 Å². The lowest BCUT2D eigenvalue weighted by atomic mass is 9.83. The lowest BCUT2D eigenvalue weighted by Gasteiger charge is -2.19. The van der Waals surface area contributed by atoms with Crippen molar-refractivity contribution >= 4 is 43.1 Å². The Labute approximate surface area is 275 Å². The lowest BCUT2D eigenvalue weighted by molar-refractivity contribution is 1.60. The van der Waals surface area contributed by atoms with Crippen molar-refractivity contribution in [3.05, 3.63) is 182 Å². The molecule has 9 aromatic rings. The van der Waals surface area contributed by atoms with E-state index in [9.17, 15) is 0 Å². The van der Waals surface area contributed by atoms with Gasteiger partial charge in [0, 0.05) is 0 Å². The molecule has 0 radical (unpaired) electrons. The Morgan fingerprint density at radius 3 is 1.50 bits per heavy atom. The maximum absolute atomic E-state index is 8.92. The van der Waals surface area contributed by atoms with Gasteiger partial charge in [-0.25, -0.2) is 0 Å². The predicted octanol–water partition coefficient (Wildman–Crippen LogP) is 13.0. The molecule has 0 aromatic heterocycles. The van der Waals surface area contributed by atoms with Crippen LogP contribution in [-0.4, -0.2) is 0 Å². The van der Waals surface area contributed by atoms with Crippen LogP contribution in [-0.2, 0) is 0 Å². The van der Waals surface area contributed by atoms with Gasteiger partial charge >= 0.3 is 0 Å². The van der Waals surface area contributed by atoms with Crippen LogP contribution in [0.1, 0.15) is 6.85 Å². The first-order valence-corrected chi connectivity index (χ1v) is 15.5. The molecule has 0 spiro atoms. The van der Waals surface area contributed by atoms with E-state index < -0.39 is 6.04 Å². The first-order valence-electron chi connectivity index (χ1n) is 18.0. The van der Waals surface area contributed by atoms with E-state index in [0.717, 1.165) is 60.0 Å². The number of fused-ring (bicyclic) bond motifs is 5. The van der Waals surface area contributed by atoms with Gasteiger partial charge in [0.25, 0.3) is 0 Å². The average molecular weight is 588 g/mol. The van der Waals surface area contributed by atoms with Crippen molar-refractivity contribution in [2.24, 2.45) is 0 Å². The van der Waals surface area contributed by atoms with Crippen LogP contribution in [0.25, 0.3) is 87.6 Å². The molecule has 0 aliphatic rings. The fourth-order valence-electron chi connectivity index (χ4n) is 7.07. The quantitative estimate of drug-likeness (QED) is 0.142. The molecule has 0 N–H and O–H groups in total. The second kappa shape index (κ2) is 10.9. The molecule has 0 saturated heterocycles. The summed E-state index contributed by atoms with van der Waals surface area (Å²) in [7, 11) is 0. The van der Waals surface area contributed by atoms with Gasteiger partial charge in [0.1, 0.15) is 0 Å². The Morgan fingerprint density at radius 2 is 0.826 bits per heavy atom. The lowest BCUT2D eigenvalue weighted by Crippen LogP contribution is -1.92. The summed E-state index contributed by atoms with van der Waals surface area (Å²) in [6.07, 6.45) is 0. The molecule has 0 heterocycles. The van der Waals surface area contributed by atoms with Crippen LogP contribution in [0.2, 0.25) is 0 Å². The molecule has 0 atom stereocenters. The van der Waals surface area contributed by atoms with Crippen molar-refractivity contribution in [1.82, 2.24) is 0 Å². The Morgan fingerprint density at radius 1 is 0.304 bits per heavy atom. The van der Waals surface area contributed by atoms with Gasteiger partial charge in [-0.05, 0) is 106 Å². The Bertz CT molecular complexity index is 2770. The minimum absolute atomic E-state index is 0.205. The molecule has 0 saturated carbocycles. The van der Waals surface area contributed by atoms with E-state index in [1.54, 1.807) is 0 Å². The minimum atomic E-state index is -0.396. The molecule has 9 aromatic carbocycles. The normalized spacial score (nSPS) is 13.0. The van der Waals surface area contributed by atoms with Gasteiger partial charge in [-0.2, -0.15) is 0 Å². The number of hydrogen-bond donors (Lipinski definition) is 0. The highest BCUT2D eigenvalue weighted by Crippen LogP contribution is 2.46. The third kappa shape index (κ3) is 4.30. The second-order valence-electron chi connectivity index (χ2n) is 11.7. The number of benzene rings is 9. The zero-order valence-electron chi connectivity index (χ0n) is 29.9. The molecule has 46 heavy (non-hydrogen) atoms. The Hall–Kier alpha value is -5.98. The molecule has 0 unspecified atom stereocenters. The maximum Gasteiger partial charge on any atom is 0.0629 e. The molecule has 0 aliphatic carbocycles. The van der Waals surface area contributed by atoms with Crippen molar-refractivity contribution in [2.45, 2.75) is 0 Å². The maximum atomic E-state index is 8.92. The van der Waals surface area contributed by atoms with Crippen LogP contribution in [0.5, 0.6) is 0 Å². The molecule has 0 heteroatoms. The summed E-state index contributed by atoms with van der Waals surface area (Å²) in [6.45, 7) is 0. The van der Waals surface area contributed by atoms with E-state index in [0.29, 0.717) is 5.56 Å². The van der Waals surface area contributed by atoms with Crippen molar-refractivity contribution in [1.29, 1.82) is 0 Å². The van der Waals surface area contributed by atoms with Crippen molar-refractivity contribution in [3.63, 3.8) is 0 Å². The van der Waals surface area contributed by atoms with E-state index >= 15 is 0 Å². The average Bonchev–Trinajstić information content (AvgIpc) is 3.19. The highest BCUT2D eigenvalue weighted by atomic mass is 14.2. The van der Waals surface area contributed by atoms with Crippen molar-refractivity contribution in [2.75, 3.05) is 0 Å². The smallest absolute Gasteiger partial charge is 0.0622 e. The molecule has 0 amide bonds. The third-order valence-corrected chi connectivity index (χ3v) is 9.11. The summed E-state index contributed by atoms with van der Waals surface area (Å²) in [5.41, 5.74) is 7.61. The van der Waals surface area contributed by atoms with E-state index in [4.69, 9.17) is 6.85 Å². The zero-order chi connectivity index (χ0) is 34.8. The first kappa shape index (κ1) is 21.7. The molecular weight excluding hydrogens is 553 g/mol. The zero-order valence-corrected chi connectivity index (χ0v) is 24.9. The highest BCUT2D eigenvalue weighted by molar-refractivity contribution is 6.25. The van der Waals surface area contributed by atoms with Gasteiger partial charge in [-0.15, -0.1) is 0 Å². The molecule has 9 rings (SSSR count). The van der Waals surface area contributed by atoms with Gasteiger partial charge in [-0.3, -0.25) is 0 Å². The summed E-state index contributed by atoms with van der Waals surface area (Å²) in [6, 6.07) is 51.2. The van der Waals surface area contributed by atoms with Crippen LogP contribution >= 0.6 is 0 Å². The summed E-state index contributed by atoms with van der Waals surface area (Å²) in [4.78, 5) is 0. The summed E-state index contributed by atoms with van der Waals surface area (Å²) in [5.74, 6) is 0. The molecule has 214 valence electrons. The van der Waals surface area contributed by atoms with E-state index in [1.807, 2.05) is 42.5 Å². The second-order valence-corrected chi connectivity index (χ2v) is 11.7. The SMILES string of the molecule is [2H]c1c([2H])c([2H])c(-c2c3ccccc3c(-c3cc4cc(-c5cccc(-c6ccccc6)c5)ccc4c4ccccc34)c3ccccc23)c([2H])c1[2H]. The van der Waals surface area contributed by atoms with E-state index in [2.05, 4.69) is 109 Å². The minimum Gasteiger partial charge on any atom is -0.0622 e. The van der Waals surface area contributed by atoms with Crippen LogP contribution in [0.3, 0.4) is 0 Å². The van der Waals surface area contributed by atoms with Gasteiger partial charge in [0.15, 0.2) is 0 Å².